The molecule has 0 spiro atoms. The Bertz CT molecular complexity index is 1070. The van der Waals surface area contributed by atoms with Crippen molar-refractivity contribution in [3.63, 3.8) is 0 Å². The van der Waals surface area contributed by atoms with Crippen molar-refractivity contribution in [3.8, 4) is 34.5 Å². The van der Waals surface area contributed by atoms with Gasteiger partial charge < -0.3 is 42.6 Å². The number of Topliss-reactive ketones (excluding diaryl/α,β-unsaturated/α-hetero) is 1. The second-order valence-electron chi connectivity index (χ2n) is 6.28. The van der Waals surface area contributed by atoms with Gasteiger partial charge in [0, 0.05) is 22.8 Å². The predicted molar refractivity (Wildman–Crippen MR) is 105 cm³/mol. The molecule has 0 N–H and O–H groups in total. The number of methoxy groups -OCH3 is 4. The molecule has 0 atom stereocenters. The minimum absolute atomic E-state index is 0. The van der Waals surface area contributed by atoms with E-state index in [1.54, 1.807) is 0 Å². The van der Waals surface area contributed by atoms with Crippen LogP contribution in [-0.2, 0) is 4.57 Å². The maximum atomic E-state index is 13.1. The molecule has 2 aromatic carbocycles. The molecule has 1 heterocycles. The van der Waals surface area contributed by atoms with Crippen molar-refractivity contribution in [1.82, 2.24) is 0 Å². The number of benzene rings is 2. The number of ketones is 1. The van der Waals surface area contributed by atoms with E-state index in [1.807, 2.05) is 0 Å². The molecule has 0 saturated heterocycles. The smallest absolute Gasteiger partial charge is 0.780 e. The number of phosphoric ester groups is 1. The number of carbonyl (C=O) groups is 1. The van der Waals surface area contributed by atoms with Gasteiger partial charge in [-0.3, -0.25) is 4.79 Å². The first-order chi connectivity index (χ1) is 14.7. The van der Waals surface area contributed by atoms with E-state index >= 15 is 0 Å². The van der Waals surface area contributed by atoms with Crippen LogP contribution in [0.4, 0.5) is 0 Å². The molecule has 0 aromatic heterocycles. The largest absolute Gasteiger partial charge is 1.00 e. The van der Waals surface area contributed by atoms with E-state index in [0.29, 0.717) is 28.6 Å². The number of hydrogen-bond acceptors (Lipinski definition) is 10. The first-order valence-corrected chi connectivity index (χ1v) is 10.3. The monoisotopic (exact) mass is 496 g/mol. The molecule has 0 amide bonds. The van der Waals surface area contributed by atoms with Crippen molar-refractivity contribution in [2.24, 2.45) is 0 Å². The molecular weight excluding hydrogens is 477 g/mol. The van der Waals surface area contributed by atoms with E-state index in [0.717, 1.165) is 0 Å². The summed E-state index contributed by atoms with van der Waals surface area (Å²) < 4.78 is 42.0. The Morgan fingerprint density at radius 3 is 1.94 bits per heavy atom. The summed E-state index contributed by atoms with van der Waals surface area (Å²) in [5.74, 6) is 0.609. The van der Waals surface area contributed by atoms with Crippen LogP contribution in [0.5, 0.6) is 34.5 Å². The van der Waals surface area contributed by atoms with Gasteiger partial charge in [0.2, 0.25) is 5.75 Å². The Kier molecular flexibility index (Phi) is 11.3. The van der Waals surface area contributed by atoms with E-state index < -0.39 is 7.82 Å². The molecule has 1 aliphatic heterocycles. The number of carbonyl (C=O) groups excluding carboxylic acids is 1. The summed E-state index contributed by atoms with van der Waals surface area (Å²) in [4.78, 5) is 35.1. The Morgan fingerprint density at radius 2 is 1.45 bits per heavy atom. The predicted octanol–water partition coefficient (Wildman–Crippen LogP) is -4.40. The molecule has 33 heavy (non-hydrogen) atoms. The summed E-state index contributed by atoms with van der Waals surface area (Å²) in [6, 6.07) is 5.64. The Morgan fingerprint density at radius 1 is 0.879 bits per heavy atom. The average molecular weight is 496 g/mol. The van der Waals surface area contributed by atoms with Crippen LogP contribution in [0, 0.1) is 0 Å². The van der Waals surface area contributed by atoms with Crippen molar-refractivity contribution in [2.45, 2.75) is 0 Å². The van der Waals surface area contributed by atoms with Crippen LogP contribution >= 0.6 is 7.82 Å². The molecule has 0 radical (unpaired) electrons. The van der Waals surface area contributed by atoms with E-state index in [2.05, 4.69) is 4.52 Å². The van der Waals surface area contributed by atoms with E-state index in [9.17, 15) is 19.1 Å². The fraction of sp³-hybridized carbons (Fsp3) is 0.250. The van der Waals surface area contributed by atoms with Crippen LogP contribution in [-0.4, -0.2) is 40.8 Å². The molecule has 10 nitrogen and oxygen atoms in total. The summed E-state index contributed by atoms with van der Waals surface area (Å²) in [6.07, 6.45) is 1.51. The SMILES string of the molecule is COc1cc2c(cc1OP(=O)([O-])[O-])C=C(C(=O)c1cc(OC)c(OC)c(OC)c1)CO2.[Na+].[Na+]. The topological polar surface area (TPSA) is 136 Å². The second-order valence-corrected chi connectivity index (χ2v) is 7.36. The standard InChI is InChI=1S/C20H21O10P.2Na/c1-25-15-9-14-11(6-16(15)30-31(22,23)24)5-13(10-29-14)19(21)12-7-17(26-2)20(28-4)18(8-12)27-3;;/h5-9H,10H2,1-4H3,(H2,22,23,24);;/q;2*+1/p-2. The van der Waals surface area contributed by atoms with Gasteiger partial charge in [-0.05, 0) is 24.3 Å². The van der Waals surface area contributed by atoms with Gasteiger partial charge >= 0.3 is 59.1 Å². The molecule has 0 fully saturated rings. The van der Waals surface area contributed by atoms with Crippen LogP contribution in [0.1, 0.15) is 15.9 Å². The quantitative estimate of drug-likeness (QED) is 0.200. The second kappa shape index (κ2) is 12.5. The first kappa shape index (κ1) is 29.8. The minimum atomic E-state index is -5.32. The molecule has 166 valence electrons. The molecule has 0 saturated carbocycles. The van der Waals surface area contributed by atoms with Crippen LogP contribution in [0.15, 0.2) is 29.8 Å². The number of fused-ring (bicyclic) bond motifs is 1. The van der Waals surface area contributed by atoms with Gasteiger partial charge in [-0.25, -0.2) is 0 Å². The molecular formula is C20H19Na2O10P. The number of ether oxygens (including phenoxy) is 5. The molecule has 0 aliphatic carbocycles. The fourth-order valence-electron chi connectivity index (χ4n) is 3.06. The molecule has 2 aromatic rings. The summed E-state index contributed by atoms with van der Waals surface area (Å²) in [5.41, 5.74) is 0.873. The molecule has 13 heteroatoms. The zero-order valence-electron chi connectivity index (χ0n) is 19.1. The van der Waals surface area contributed by atoms with Crippen LogP contribution < -0.4 is 97.1 Å². The van der Waals surface area contributed by atoms with Gasteiger partial charge in [0.25, 0.3) is 0 Å². The summed E-state index contributed by atoms with van der Waals surface area (Å²) in [5, 5.41) is 0. The maximum absolute atomic E-state index is 13.1. The van der Waals surface area contributed by atoms with Crippen LogP contribution in [0.25, 0.3) is 6.08 Å². The Hall–Kier alpha value is -1.20. The zero-order valence-corrected chi connectivity index (χ0v) is 24.0. The van der Waals surface area contributed by atoms with Crippen molar-refractivity contribution < 1.29 is 106 Å². The summed E-state index contributed by atoms with van der Waals surface area (Å²) in [7, 11) is 0.286. The van der Waals surface area contributed by atoms with Crippen molar-refractivity contribution in [1.29, 1.82) is 0 Å². The Labute approximate surface area is 235 Å². The van der Waals surface area contributed by atoms with E-state index in [4.69, 9.17) is 23.7 Å². The number of hydrogen-bond donors (Lipinski definition) is 0. The van der Waals surface area contributed by atoms with Gasteiger partial charge in [0.05, 0.1) is 28.4 Å². The molecule has 0 bridgehead atoms. The van der Waals surface area contributed by atoms with Crippen molar-refractivity contribution in [2.75, 3.05) is 35.0 Å². The van der Waals surface area contributed by atoms with Crippen molar-refractivity contribution in [3.05, 3.63) is 41.0 Å². The minimum Gasteiger partial charge on any atom is -0.780 e. The van der Waals surface area contributed by atoms with Gasteiger partial charge in [-0.15, -0.1) is 0 Å². The normalized spacial score (nSPS) is 12.0. The van der Waals surface area contributed by atoms with E-state index in [1.165, 1.54) is 58.8 Å². The summed E-state index contributed by atoms with van der Waals surface area (Å²) >= 11 is 0. The fourth-order valence-corrected chi connectivity index (χ4v) is 3.44. The van der Waals surface area contributed by atoms with Crippen molar-refractivity contribution >= 4 is 19.7 Å². The van der Waals surface area contributed by atoms with Gasteiger partial charge in [0.15, 0.2) is 28.8 Å². The maximum Gasteiger partial charge on any atom is 1.00 e. The summed E-state index contributed by atoms with van der Waals surface area (Å²) in [6.45, 7) is -0.0482. The third kappa shape index (κ3) is 6.91. The molecule has 0 unspecified atom stereocenters. The Balaban J connectivity index is 0.00000272. The van der Waals surface area contributed by atoms with Gasteiger partial charge in [-0.1, -0.05) is 0 Å². The third-order valence-corrected chi connectivity index (χ3v) is 4.86. The van der Waals surface area contributed by atoms with Gasteiger partial charge in [0.1, 0.15) is 20.2 Å². The van der Waals surface area contributed by atoms with Crippen LogP contribution in [0.3, 0.4) is 0 Å². The molecule has 1 aliphatic rings. The van der Waals surface area contributed by atoms with E-state index in [-0.39, 0.29) is 94.1 Å². The zero-order chi connectivity index (χ0) is 22.8. The van der Waals surface area contributed by atoms with Crippen LogP contribution in [0.2, 0.25) is 0 Å². The average Bonchev–Trinajstić information content (AvgIpc) is 2.75. The third-order valence-electron chi connectivity index (χ3n) is 4.44. The first-order valence-electron chi connectivity index (χ1n) is 8.82. The molecule has 3 rings (SSSR count). The number of phosphoric acid groups is 1. The number of rotatable bonds is 8. The van der Waals surface area contributed by atoms with Gasteiger partial charge in [-0.2, -0.15) is 0 Å².